The Hall–Kier alpha value is -4.47. The molecule has 0 fully saturated rings. The molecule has 0 amide bonds. The van der Waals surface area contributed by atoms with E-state index in [1.54, 1.807) is 36.3 Å². The summed E-state index contributed by atoms with van der Waals surface area (Å²) >= 11 is 0. The molecule has 5 aromatic rings. The summed E-state index contributed by atoms with van der Waals surface area (Å²) in [5.74, 6) is 0.465. The smallest absolute Gasteiger partial charge is 0.357 e. The number of halogens is 3. The summed E-state index contributed by atoms with van der Waals surface area (Å²) in [5, 5.41) is 8.30. The standard InChI is InChI=1S/C25H19F3N6O/c1-29-24-30-12-10-18(31-24)15-33-13-11-16(14-22(33)35)23-20-4-2-3-5-21(20)34(32-23)19-8-6-17(7-9-19)25(26,27)28/h2-14H,15H2,1H3,(H,29,30,31). The molecule has 0 aliphatic rings. The third-order valence-corrected chi connectivity index (χ3v) is 5.57. The predicted molar refractivity (Wildman–Crippen MR) is 126 cm³/mol. The summed E-state index contributed by atoms with van der Waals surface area (Å²) < 4.78 is 42.1. The van der Waals surface area contributed by atoms with Gasteiger partial charge in [0.05, 0.1) is 29.0 Å². The number of nitrogens with zero attached hydrogens (tertiary/aromatic N) is 5. The quantitative estimate of drug-likeness (QED) is 0.396. The van der Waals surface area contributed by atoms with E-state index in [9.17, 15) is 18.0 Å². The van der Waals surface area contributed by atoms with Gasteiger partial charge >= 0.3 is 6.18 Å². The Bertz CT molecular complexity index is 1570. The van der Waals surface area contributed by atoms with Crippen LogP contribution in [0, 0.1) is 0 Å². The van der Waals surface area contributed by atoms with Crippen LogP contribution in [0.1, 0.15) is 11.3 Å². The summed E-state index contributed by atoms with van der Waals surface area (Å²) in [6.45, 7) is 0.275. The Morgan fingerprint density at radius 2 is 1.77 bits per heavy atom. The molecule has 2 aromatic carbocycles. The lowest BCUT2D eigenvalue weighted by molar-refractivity contribution is -0.137. The first-order valence-corrected chi connectivity index (χ1v) is 10.7. The lowest BCUT2D eigenvalue weighted by Crippen LogP contribution is -2.20. The van der Waals surface area contributed by atoms with E-state index in [1.807, 2.05) is 24.3 Å². The Labute approximate surface area is 197 Å². The van der Waals surface area contributed by atoms with Gasteiger partial charge in [0.25, 0.3) is 5.56 Å². The summed E-state index contributed by atoms with van der Waals surface area (Å²) in [4.78, 5) is 21.3. The van der Waals surface area contributed by atoms with Gasteiger partial charge in [-0.2, -0.15) is 18.3 Å². The molecule has 35 heavy (non-hydrogen) atoms. The maximum absolute atomic E-state index is 13.0. The highest BCUT2D eigenvalue weighted by molar-refractivity contribution is 5.94. The first-order chi connectivity index (χ1) is 16.8. The molecule has 1 N–H and O–H groups in total. The Kier molecular flexibility index (Phi) is 5.56. The molecule has 0 unspecified atom stereocenters. The summed E-state index contributed by atoms with van der Waals surface area (Å²) in [7, 11) is 1.72. The van der Waals surface area contributed by atoms with Crippen LogP contribution in [0.25, 0.3) is 27.8 Å². The van der Waals surface area contributed by atoms with E-state index in [-0.39, 0.29) is 12.1 Å². The number of fused-ring (bicyclic) bond motifs is 1. The molecule has 0 saturated heterocycles. The van der Waals surface area contributed by atoms with E-state index in [4.69, 9.17) is 0 Å². The number of pyridine rings is 1. The normalized spacial score (nSPS) is 11.7. The van der Waals surface area contributed by atoms with E-state index in [0.29, 0.717) is 34.1 Å². The van der Waals surface area contributed by atoms with Gasteiger partial charge in [-0.1, -0.05) is 18.2 Å². The molecule has 0 bridgehead atoms. The maximum Gasteiger partial charge on any atom is 0.416 e. The lowest BCUT2D eigenvalue weighted by atomic mass is 10.1. The van der Waals surface area contributed by atoms with Crippen LogP contribution in [0.3, 0.4) is 0 Å². The Balaban J connectivity index is 1.53. The van der Waals surface area contributed by atoms with Crippen molar-refractivity contribution in [2.45, 2.75) is 12.7 Å². The van der Waals surface area contributed by atoms with Gasteiger partial charge in [0.1, 0.15) is 5.69 Å². The largest absolute Gasteiger partial charge is 0.416 e. The molecule has 0 radical (unpaired) electrons. The van der Waals surface area contributed by atoms with Gasteiger partial charge in [-0.3, -0.25) is 4.79 Å². The van der Waals surface area contributed by atoms with Crippen molar-refractivity contribution < 1.29 is 13.2 Å². The zero-order valence-electron chi connectivity index (χ0n) is 18.5. The second-order valence-corrected chi connectivity index (χ2v) is 7.83. The van der Waals surface area contributed by atoms with Crippen LogP contribution < -0.4 is 10.9 Å². The van der Waals surface area contributed by atoms with Gasteiger partial charge in [0.15, 0.2) is 0 Å². The van der Waals surface area contributed by atoms with Gasteiger partial charge in [-0.15, -0.1) is 0 Å². The van der Waals surface area contributed by atoms with Crippen molar-refractivity contribution >= 4 is 16.9 Å². The highest BCUT2D eigenvalue weighted by atomic mass is 19.4. The van der Waals surface area contributed by atoms with Crippen LogP contribution in [0.15, 0.2) is 83.9 Å². The number of para-hydroxylation sites is 1. The second-order valence-electron chi connectivity index (χ2n) is 7.83. The Morgan fingerprint density at radius 1 is 1.00 bits per heavy atom. The average molecular weight is 476 g/mol. The SMILES string of the molecule is CNc1nccc(Cn2ccc(-c3nn(-c4ccc(C(F)(F)F)cc4)c4ccccc34)cc2=O)n1. The van der Waals surface area contributed by atoms with E-state index >= 15 is 0 Å². The van der Waals surface area contributed by atoms with E-state index in [0.717, 1.165) is 17.5 Å². The molecule has 10 heteroatoms. The molecular weight excluding hydrogens is 457 g/mol. The minimum atomic E-state index is -4.42. The first kappa shape index (κ1) is 22.3. The number of nitrogens with one attached hydrogen (secondary N) is 1. The summed E-state index contributed by atoms with van der Waals surface area (Å²) in [6.07, 6.45) is -1.13. The molecule has 3 aromatic heterocycles. The van der Waals surface area contributed by atoms with Crippen molar-refractivity contribution in [3.05, 3.63) is 101 Å². The fourth-order valence-electron chi connectivity index (χ4n) is 3.83. The molecule has 0 aliphatic heterocycles. The number of alkyl halides is 3. The van der Waals surface area contributed by atoms with E-state index < -0.39 is 11.7 Å². The lowest BCUT2D eigenvalue weighted by Gasteiger charge is -2.08. The average Bonchev–Trinajstić information content (AvgIpc) is 3.25. The summed E-state index contributed by atoms with van der Waals surface area (Å²) in [5.41, 5.74) is 2.07. The minimum Gasteiger partial charge on any atom is -0.357 e. The number of rotatable bonds is 5. The highest BCUT2D eigenvalue weighted by Gasteiger charge is 2.30. The fraction of sp³-hybridized carbons (Fsp3) is 0.120. The third kappa shape index (κ3) is 4.37. The van der Waals surface area contributed by atoms with E-state index in [2.05, 4.69) is 20.4 Å². The van der Waals surface area contributed by atoms with E-state index in [1.165, 1.54) is 22.8 Å². The van der Waals surface area contributed by atoms with Crippen molar-refractivity contribution in [2.24, 2.45) is 0 Å². The Morgan fingerprint density at radius 3 is 2.49 bits per heavy atom. The highest BCUT2D eigenvalue weighted by Crippen LogP contribution is 2.32. The van der Waals surface area contributed by atoms with Gasteiger partial charge in [-0.05, 0) is 42.5 Å². The predicted octanol–water partition coefficient (Wildman–Crippen LogP) is 4.75. The van der Waals surface area contributed by atoms with Gasteiger partial charge in [-0.25, -0.2) is 14.6 Å². The van der Waals surface area contributed by atoms with Crippen molar-refractivity contribution in [1.82, 2.24) is 24.3 Å². The van der Waals surface area contributed by atoms with Crippen LogP contribution in [-0.2, 0) is 12.7 Å². The van der Waals surface area contributed by atoms with Crippen molar-refractivity contribution in [3.8, 4) is 16.9 Å². The van der Waals surface area contributed by atoms with Crippen LogP contribution >= 0.6 is 0 Å². The molecular formula is C25H19F3N6O. The molecule has 0 aliphatic carbocycles. The maximum atomic E-state index is 13.0. The molecule has 0 saturated carbocycles. The molecule has 0 atom stereocenters. The topological polar surface area (TPSA) is 77.6 Å². The minimum absolute atomic E-state index is 0.236. The number of hydrogen-bond donors (Lipinski definition) is 1. The number of hydrogen-bond acceptors (Lipinski definition) is 5. The second kappa shape index (κ2) is 8.71. The monoisotopic (exact) mass is 476 g/mol. The van der Waals surface area contributed by atoms with Crippen molar-refractivity contribution in [2.75, 3.05) is 12.4 Å². The number of anilines is 1. The molecule has 0 spiro atoms. The van der Waals surface area contributed by atoms with Crippen LogP contribution in [0.4, 0.5) is 19.1 Å². The first-order valence-electron chi connectivity index (χ1n) is 10.7. The number of benzene rings is 2. The zero-order valence-corrected chi connectivity index (χ0v) is 18.5. The van der Waals surface area contributed by atoms with Gasteiger partial charge in [0.2, 0.25) is 5.95 Å². The van der Waals surface area contributed by atoms with Crippen LogP contribution in [0.5, 0.6) is 0 Å². The third-order valence-electron chi connectivity index (χ3n) is 5.57. The number of aromatic nitrogens is 5. The molecule has 3 heterocycles. The van der Waals surface area contributed by atoms with Gasteiger partial charge < -0.3 is 9.88 Å². The molecule has 176 valence electrons. The van der Waals surface area contributed by atoms with Crippen LogP contribution in [-0.4, -0.2) is 31.4 Å². The fourth-order valence-corrected chi connectivity index (χ4v) is 3.83. The van der Waals surface area contributed by atoms with Gasteiger partial charge in [0, 0.05) is 36.5 Å². The molecule has 5 rings (SSSR count). The zero-order chi connectivity index (χ0) is 24.6. The van der Waals surface area contributed by atoms with Crippen LogP contribution in [0.2, 0.25) is 0 Å². The van der Waals surface area contributed by atoms with Crippen molar-refractivity contribution in [3.63, 3.8) is 0 Å². The molecule has 7 nitrogen and oxygen atoms in total. The summed E-state index contributed by atoms with van der Waals surface area (Å²) in [6, 6.07) is 17.2. The van der Waals surface area contributed by atoms with Crippen molar-refractivity contribution in [1.29, 1.82) is 0 Å².